The van der Waals surface area contributed by atoms with E-state index < -0.39 is 0 Å². The number of carbonyl (C=O) groups is 1. The lowest BCUT2D eigenvalue weighted by molar-refractivity contribution is -0.111. The number of ether oxygens (including phenoxy) is 1. The molecule has 4 aromatic carbocycles. The molecule has 0 radical (unpaired) electrons. The van der Waals surface area contributed by atoms with Crippen molar-refractivity contribution in [1.82, 2.24) is 4.90 Å². The molecule has 0 saturated carbocycles. The number of nitrogens with zero attached hydrogens (tertiary/aromatic N) is 3. The number of amidine groups is 1. The number of carbonyl (C=O) groups excluding carboxylic acids is 1. The van der Waals surface area contributed by atoms with Gasteiger partial charge in [-0.15, -0.1) is 5.10 Å². The molecular weight excluding hydrogens is 538 g/mol. The molecule has 0 saturated heterocycles. The Balaban J connectivity index is 1.62. The molecule has 0 aromatic heterocycles. The molecule has 1 atom stereocenters. The van der Waals surface area contributed by atoms with Crippen LogP contribution in [0.5, 0.6) is 5.75 Å². The van der Waals surface area contributed by atoms with Gasteiger partial charge in [0.05, 0.1) is 5.69 Å². The Bertz CT molecular complexity index is 1470. The Morgan fingerprint density at radius 3 is 2.21 bits per heavy atom. The zero-order chi connectivity index (χ0) is 26.6. The summed E-state index contributed by atoms with van der Waals surface area (Å²) in [6, 6.07) is 32.6. The first-order valence-electron chi connectivity index (χ1n) is 12.6. The highest BCUT2D eigenvalue weighted by Crippen LogP contribution is 2.42. The van der Waals surface area contributed by atoms with Gasteiger partial charge in [0.15, 0.2) is 17.8 Å². The molecule has 5 nitrogen and oxygen atoms in total. The van der Waals surface area contributed by atoms with Gasteiger partial charge >= 0.3 is 0 Å². The number of hydrogen-bond donors (Lipinski definition) is 0. The largest absolute Gasteiger partial charge is 0.488 e. The summed E-state index contributed by atoms with van der Waals surface area (Å²) in [6.45, 7) is 6.72. The van der Waals surface area contributed by atoms with E-state index in [4.69, 9.17) is 9.84 Å². The number of halogens is 1. The van der Waals surface area contributed by atoms with Crippen LogP contribution in [-0.2, 0) is 17.9 Å². The summed E-state index contributed by atoms with van der Waals surface area (Å²) in [7, 11) is 0. The summed E-state index contributed by atoms with van der Waals surface area (Å²) < 4.78 is 7.33. The Morgan fingerprint density at radius 2 is 1.55 bits per heavy atom. The fourth-order valence-electron chi connectivity index (χ4n) is 4.63. The fourth-order valence-corrected chi connectivity index (χ4v) is 5.01. The van der Waals surface area contributed by atoms with Gasteiger partial charge in [-0.3, -0.25) is 4.79 Å². The number of benzene rings is 4. The molecule has 1 aliphatic rings. The number of rotatable bonds is 8. The van der Waals surface area contributed by atoms with Crippen LogP contribution < -0.4 is 9.75 Å². The van der Waals surface area contributed by atoms with Gasteiger partial charge in [-0.1, -0.05) is 82.7 Å². The van der Waals surface area contributed by atoms with Crippen molar-refractivity contribution in [3.05, 3.63) is 129 Å². The molecule has 0 bridgehead atoms. The second kappa shape index (κ2) is 11.2. The van der Waals surface area contributed by atoms with Gasteiger partial charge in [0.2, 0.25) is 0 Å². The van der Waals surface area contributed by atoms with Crippen LogP contribution in [0.3, 0.4) is 0 Å². The molecule has 192 valence electrons. The molecular formula is C32H30BrN3O2. The van der Waals surface area contributed by atoms with E-state index in [0.717, 1.165) is 38.2 Å². The lowest BCUT2D eigenvalue weighted by Crippen LogP contribution is -2.37. The van der Waals surface area contributed by atoms with Crippen LogP contribution >= 0.6 is 15.9 Å². The zero-order valence-electron chi connectivity index (χ0n) is 21.8. The van der Waals surface area contributed by atoms with Crippen molar-refractivity contribution in [2.75, 3.05) is 5.01 Å². The van der Waals surface area contributed by atoms with Crippen molar-refractivity contribution in [3.8, 4) is 5.75 Å². The van der Waals surface area contributed by atoms with Crippen LogP contribution in [0.15, 0.2) is 107 Å². The van der Waals surface area contributed by atoms with Crippen LogP contribution in [-0.4, -0.2) is 16.5 Å². The summed E-state index contributed by atoms with van der Waals surface area (Å²) in [5, 5.41) is 6.86. The van der Waals surface area contributed by atoms with Gasteiger partial charge in [0.25, 0.3) is 0 Å². The fraction of sp³-hybridized carbons (Fsp3) is 0.188. The van der Waals surface area contributed by atoms with Crippen molar-refractivity contribution in [1.29, 1.82) is 0 Å². The van der Waals surface area contributed by atoms with Gasteiger partial charge in [0.1, 0.15) is 12.4 Å². The Kier molecular flexibility index (Phi) is 7.61. The van der Waals surface area contributed by atoms with E-state index in [-0.39, 0.29) is 11.9 Å². The van der Waals surface area contributed by atoms with Crippen molar-refractivity contribution in [3.63, 3.8) is 0 Å². The van der Waals surface area contributed by atoms with E-state index >= 15 is 0 Å². The topological polar surface area (TPSA) is 45.1 Å². The first-order chi connectivity index (χ1) is 18.4. The number of hydrazone groups is 1. The van der Waals surface area contributed by atoms with Crippen LogP contribution in [0, 0.1) is 13.8 Å². The third kappa shape index (κ3) is 5.50. The molecule has 4 aromatic rings. The minimum absolute atomic E-state index is 0.0842. The quantitative estimate of drug-likeness (QED) is 0.220. The molecule has 5 rings (SSSR count). The van der Waals surface area contributed by atoms with Gasteiger partial charge in [-0.05, 0) is 66.4 Å². The predicted molar refractivity (Wildman–Crippen MR) is 156 cm³/mol. The first kappa shape index (κ1) is 25.7. The summed E-state index contributed by atoms with van der Waals surface area (Å²) in [5.74, 6) is 1.08. The highest BCUT2D eigenvalue weighted by Gasteiger charge is 2.40. The monoisotopic (exact) mass is 567 g/mol. The number of anilines is 1. The van der Waals surface area contributed by atoms with Gasteiger partial charge in [-0.2, -0.15) is 0 Å². The number of Topliss-reactive ketones (excluding diaryl/α,β-unsaturated/α-hetero) is 1. The Morgan fingerprint density at radius 1 is 0.868 bits per heavy atom. The lowest BCUT2D eigenvalue weighted by Gasteiger charge is -2.33. The Labute approximate surface area is 232 Å². The van der Waals surface area contributed by atoms with Crippen LogP contribution in [0.2, 0.25) is 0 Å². The summed E-state index contributed by atoms with van der Waals surface area (Å²) in [4.78, 5) is 15.0. The van der Waals surface area contributed by atoms with E-state index in [1.54, 1.807) is 6.92 Å². The van der Waals surface area contributed by atoms with Crippen molar-refractivity contribution < 1.29 is 9.53 Å². The maximum Gasteiger partial charge on any atom is 0.196 e. The number of hydrogen-bond acceptors (Lipinski definition) is 5. The molecule has 0 N–H and O–H groups in total. The van der Waals surface area contributed by atoms with E-state index in [0.29, 0.717) is 19.0 Å². The van der Waals surface area contributed by atoms with Crippen LogP contribution in [0.25, 0.3) is 0 Å². The average molecular weight is 569 g/mol. The van der Waals surface area contributed by atoms with Crippen LogP contribution in [0.4, 0.5) is 5.69 Å². The zero-order valence-corrected chi connectivity index (χ0v) is 23.4. The summed E-state index contributed by atoms with van der Waals surface area (Å²) >= 11 is 3.67. The average Bonchev–Trinajstić information content (AvgIpc) is 3.30. The molecule has 1 heterocycles. The highest BCUT2D eigenvalue weighted by atomic mass is 79.9. The third-order valence-electron chi connectivity index (χ3n) is 6.75. The molecule has 0 amide bonds. The standard InChI is InChI=1S/C32H30BrN3O2/c1-22-14-16-28(18-23(22)2)36-32(35(31(34-36)24(3)37)20-25-10-6-4-7-11-25)29-19-27(33)15-17-30(29)38-21-26-12-8-5-9-13-26/h4-19,32H,20-21H2,1-3H3. The number of aryl methyl sites for hydroxylation is 2. The van der Waals surface area contributed by atoms with Crippen molar-refractivity contribution in [2.45, 2.75) is 40.1 Å². The normalized spacial score (nSPS) is 14.9. The van der Waals surface area contributed by atoms with Crippen molar-refractivity contribution >= 4 is 33.2 Å². The second-order valence-corrected chi connectivity index (χ2v) is 10.5. The third-order valence-corrected chi connectivity index (χ3v) is 7.25. The molecule has 1 unspecified atom stereocenters. The van der Waals surface area contributed by atoms with Gasteiger partial charge in [0, 0.05) is 23.5 Å². The first-order valence-corrected chi connectivity index (χ1v) is 13.4. The SMILES string of the molecule is CC(=O)C1=NN(c2ccc(C)c(C)c2)C(c2cc(Br)ccc2OCc2ccccc2)N1Cc1ccccc1. The maximum atomic E-state index is 12.9. The van der Waals surface area contributed by atoms with Crippen LogP contribution in [0.1, 0.15) is 40.9 Å². The summed E-state index contributed by atoms with van der Waals surface area (Å²) in [6.07, 6.45) is -0.389. The minimum Gasteiger partial charge on any atom is -0.488 e. The molecule has 0 spiro atoms. The molecule has 6 heteroatoms. The van der Waals surface area contributed by atoms with Gasteiger partial charge < -0.3 is 9.64 Å². The Hall–Kier alpha value is -3.90. The second-order valence-electron chi connectivity index (χ2n) is 9.54. The van der Waals surface area contributed by atoms with Crippen molar-refractivity contribution in [2.24, 2.45) is 5.10 Å². The van der Waals surface area contributed by atoms with E-state index in [1.165, 1.54) is 5.56 Å². The summed E-state index contributed by atoms with van der Waals surface area (Å²) in [5.41, 5.74) is 6.38. The van der Waals surface area contributed by atoms with E-state index in [1.807, 2.05) is 65.7 Å². The number of ketones is 1. The highest BCUT2D eigenvalue weighted by molar-refractivity contribution is 9.10. The van der Waals surface area contributed by atoms with E-state index in [2.05, 4.69) is 71.1 Å². The smallest absolute Gasteiger partial charge is 0.196 e. The molecule has 0 fully saturated rings. The minimum atomic E-state index is -0.389. The molecule has 1 aliphatic heterocycles. The predicted octanol–water partition coefficient (Wildman–Crippen LogP) is 7.57. The van der Waals surface area contributed by atoms with E-state index in [9.17, 15) is 4.79 Å². The van der Waals surface area contributed by atoms with Gasteiger partial charge in [-0.25, -0.2) is 5.01 Å². The molecule has 38 heavy (non-hydrogen) atoms. The maximum absolute atomic E-state index is 12.9. The molecule has 0 aliphatic carbocycles. The lowest BCUT2D eigenvalue weighted by atomic mass is 10.1.